The molecule has 1 radical (unpaired) electrons. The molecule has 0 amide bonds. The molecule has 0 spiro atoms. The zero-order valence-corrected chi connectivity index (χ0v) is 9.13. The van der Waals surface area contributed by atoms with Gasteiger partial charge in [-0.05, 0) is 6.66 Å². The second-order valence-corrected chi connectivity index (χ2v) is 2.89. The molecule has 0 fully saturated rings. The summed E-state index contributed by atoms with van der Waals surface area (Å²) in [6.45, 7) is 0.243. The van der Waals surface area contributed by atoms with Gasteiger partial charge in [-0.2, -0.15) is 0 Å². The van der Waals surface area contributed by atoms with Crippen LogP contribution in [0.5, 0.6) is 0 Å². The van der Waals surface area contributed by atoms with Crippen LogP contribution in [0.4, 0.5) is 0 Å². The Bertz CT molecular complexity index is 136. The van der Waals surface area contributed by atoms with Crippen LogP contribution in [0.3, 0.4) is 0 Å². The zero-order chi connectivity index (χ0) is 8.78. The molecule has 0 aromatic heterocycles. The molecular formula is C3H7NO5PZr. The number of nitrogens with two attached hydrogens (primary N) is 1. The van der Waals surface area contributed by atoms with E-state index in [4.69, 9.17) is 24.3 Å². The van der Waals surface area contributed by atoms with Crippen LogP contribution in [0.1, 0.15) is 0 Å². The molecule has 0 aliphatic rings. The standard InChI is InChI=1S/C2H5NO2.CH5O3P.Zr/c3-1-2(4)5;1-5(2,3)4;/h1,3H2,(H,4,5);1H3,(H2,2,3,4);/q;;+3/p-3. The first-order chi connectivity index (χ1) is 4.27. The van der Waals surface area contributed by atoms with Crippen molar-refractivity contribution in [3.63, 3.8) is 0 Å². The van der Waals surface area contributed by atoms with Gasteiger partial charge in [0.05, 0.1) is 5.97 Å². The molecule has 0 bridgehead atoms. The van der Waals surface area contributed by atoms with E-state index in [1.54, 1.807) is 0 Å². The normalized spacial score (nSPS) is 8.73. The number of rotatable bonds is 1. The summed E-state index contributed by atoms with van der Waals surface area (Å²) < 4.78 is 9.10. The number of aliphatic carboxylic acids is 1. The van der Waals surface area contributed by atoms with E-state index >= 15 is 0 Å². The molecule has 0 heterocycles. The fourth-order valence-corrected chi connectivity index (χ4v) is 0. The summed E-state index contributed by atoms with van der Waals surface area (Å²) in [6.07, 6.45) is 0. The van der Waals surface area contributed by atoms with E-state index < -0.39 is 13.6 Å². The third kappa shape index (κ3) is 124. The van der Waals surface area contributed by atoms with Crippen LogP contribution >= 0.6 is 7.60 Å². The maximum Gasteiger partial charge on any atom is 3.00 e. The molecule has 8 heteroatoms. The summed E-state index contributed by atoms with van der Waals surface area (Å²) in [7, 11) is -4.14. The van der Waals surface area contributed by atoms with Crippen molar-refractivity contribution in [1.82, 2.24) is 0 Å². The van der Waals surface area contributed by atoms with Crippen LogP contribution in [-0.2, 0) is 35.6 Å². The molecule has 2 N–H and O–H groups in total. The fraction of sp³-hybridized carbons (Fsp3) is 0.667. The number of hydrogen-bond acceptors (Lipinski definition) is 6. The molecule has 0 aliphatic carbocycles. The molecule has 6 nitrogen and oxygen atoms in total. The van der Waals surface area contributed by atoms with Gasteiger partial charge >= 0.3 is 26.2 Å². The van der Waals surface area contributed by atoms with Crippen LogP contribution in [0.15, 0.2) is 0 Å². The first kappa shape index (κ1) is 17.5. The van der Waals surface area contributed by atoms with Gasteiger partial charge in [0.25, 0.3) is 0 Å². The summed E-state index contributed by atoms with van der Waals surface area (Å²) >= 11 is 0. The summed E-state index contributed by atoms with van der Waals surface area (Å²) in [5.74, 6) is -1.22. The van der Waals surface area contributed by atoms with Crippen LogP contribution < -0.4 is 20.6 Å². The third-order valence-electron chi connectivity index (χ3n) is 0.167. The Balaban J connectivity index is -0.000000107. The van der Waals surface area contributed by atoms with Crippen molar-refractivity contribution in [2.75, 3.05) is 13.2 Å². The van der Waals surface area contributed by atoms with Crippen LogP contribution in [0.2, 0.25) is 0 Å². The summed E-state index contributed by atoms with van der Waals surface area (Å²) in [5.41, 5.74) is 4.51. The third-order valence-corrected chi connectivity index (χ3v) is 0.167. The molecule has 0 aromatic carbocycles. The van der Waals surface area contributed by atoms with Gasteiger partial charge in [-0.25, -0.2) is 0 Å². The molecule has 0 unspecified atom stereocenters. The number of carbonyl (C=O) groups excluding carboxylic acids is 1. The van der Waals surface area contributed by atoms with Crippen molar-refractivity contribution < 1.29 is 50.5 Å². The van der Waals surface area contributed by atoms with E-state index in [1.165, 1.54) is 0 Å². The van der Waals surface area contributed by atoms with Crippen molar-refractivity contribution >= 4 is 13.6 Å². The summed E-state index contributed by atoms with van der Waals surface area (Å²) in [4.78, 5) is 27.3. The average Bonchev–Trinajstić information content (AvgIpc) is 1.61. The SMILES string of the molecule is CP(=O)([O-])[O-].NCC(=O)[O-].[Zr+3]. The van der Waals surface area contributed by atoms with E-state index in [1.807, 2.05) is 0 Å². The van der Waals surface area contributed by atoms with Gasteiger partial charge in [-0.15, -0.1) is 0 Å². The number of carboxylic acid groups (broad SMARTS) is 1. The molecule has 0 saturated heterocycles. The average molecular weight is 259 g/mol. The van der Waals surface area contributed by atoms with Gasteiger partial charge < -0.3 is 30.0 Å². The van der Waals surface area contributed by atoms with Crippen LogP contribution in [0, 0.1) is 0 Å². The molecule has 0 aliphatic heterocycles. The molecular weight excluding hydrogens is 252 g/mol. The van der Waals surface area contributed by atoms with Gasteiger partial charge in [0.2, 0.25) is 0 Å². The Kier molecular flexibility index (Phi) is 13.6. The summed E-state index contributed by atoms with van der Waals surface area (Å²) in [5, 5.41) is 9.13. The minimum absolute atomic E-state index is 0. The number of hydrogen-bond donors (Lipinski definition) is 1. The zero-order valence-electron chi connectivity index (χ0n) is 5.77. The van der Waals surface area contributed by atoms with Gasteiger partial charge in [-0.3, -0.25) is 0 Å². The molecule has 11 heavy (non-hydrogen) atoms. The molecule has 63 valence electrons. The van der Waals surface area contributed by atoms with E-state index in [0.717, 1.165) is 0 Å². The molecule has 0 atom stereocenters. The predicted octanol–water partition coefficient (Wildman–Crippen LogP) is -3.78. The molecule has 0 saturated carbocycles. The Hall–Kier alpha value is 0.463. The summed E-state index contributed by atoms with van der Waals surface area (Å²) in [6, 6.07) is 0. The van der Waals surface area contributed by atoms with E-state index in [-0.39, 0.29) is 32.7 Å². The smallest absolute Gasteiger partial charge is 0.811 e. The minimum Gasteiger partial charge on any atom is -0.811 e. The van der Waals surface area contributed by atoms with Gasteiger partial charge in [0.15, 0.2) is 0 Å². The predicted molar refractivity (Wildman–Crippen MR) is 27.6 cm³/mol. The monoisotopic (exact) mass is 258 g/mol. The van der Waals surface area contributed by atoms with Crippen molar-refractivity contribution in [3.8, 4) is 0 Å². The fourth-order valence-electron chi connectivity index (χ4n) is 0. The largest absolute Gasteiger partial charge is 3.00 e. The van der Waals surface area contributed by atoms with E-state index in [2.05, 4.69) is 5.73 Å². The first-order valence-electron chi connectivity index (χ1n) is 2.16. The van der Waals surface area contributed by atoms with Crippen molar-refractivity contribution in [2.45, 2.75) is 0 Å². The first-order valence-corrected chi connectivity index (χ1v) is 4.15. The van der Waals surface area contributed by atoms with Gasteiger partial charge in [-0.1, -0.05) is 7.60 Å². The Labute approximate surface area is 83.1 Å². The molecule has 0 aromatic rings. The van der Waals surface area contributed by atoms with Gasteiger partial charge in [0, 0.05) is 6.54 Å². The van der Waals surface area contributed by atoms with Crippen molar-refractivity contribution in [1.29, 1.82) is 0 Å². The maximum atomic E-state index is 9.13. The quantitative estimate of drug-likeness (QED) is 0.481. The van der Waals surface area contributed by atoms with Gasteiger partial charge in [0.1, 0.15) is 0 Å². The van der Waals surface area contributed by atoms with Crippen molar-refractivity contribution in [3.05, 3.63) is 0 Å². The second-order valence-electron chi connectivity index (χ2n) is 1.35. The van der Waals surface area contributed by atoms with Crippen LogP contribution in [0.25, 0.3) is 0 Å². The number of carbonyl (C=O) groups is 1. The Morgan fingerprint density at radius 1 is 1.55 bits per heavy atom. The second kappa shape index (κ2) is 8.56. The van der Waals surface area contributed by atoms with Crippen LogP contribution in [-0.4, -0.2) is 19.2 Å². The Morgan fingerprint density at radius 3 is 1.64 bits per heavy atom. The van der Waals surface area contributed by atoms with E-state index in [9.17, 15) is 0 Å². The molecule has 0 rings (SSSR count). The van der Waals surface area contributed by atoms with E-state index in [0.29, 0.717) is 6.66 Å². The number of carboxylic acids is 1. The minimum atomic E-state index is -4.14. The van der Waals surface area contributed by atoms with Crippen molar-refractivity contribution in [2.24, 2.45) is 5.73 Å². The maximum absolute atomic E-state index is 9.13. The topological polar surface area (TPSA) is 129 Å². The Morgan fingerprint density at radius 2 is 1.64 bits per heavy atom.